The van der Waals surface area contributed by atoms with E-state index < -0.39 is 6.17 Å². The minimum absolute atomic E-state index is 0.306. The van der Waals surface area contributed by atoms with E-state index >= 15 is 0 Å². The van der Waals surface area contributed by atoms with Gasteiger partial charge in [0.15, 0.2) is 6.17 Å². The highest BCUT2D eigenvalue weighted by Crippen LogP contribution is 2.31. The van der Waals surface area contributed by atoms with Crippen molar-refractivity contribution in [1.82, 2.24) is 0 Å². The van der Waals surface area contributed by atoms with E-state index in [0.717, 1.165) is 0 Å². The van der Waals surface area contributed by atoms with Crippen LogP contribution in [0.15, 0.2) is 78.9 Å². The third-order valence-electron chi connectivity index (χ3n) is 3.68. The van der Waals surface area contributed by atoms with E-state index in [1.165, 1.54) is 0 Å². The molecule has 3 rings (SSSR count). The molecular weight excluding hydrogens is 325 g/mol. The molecule has 0 aromatic heterocycles. The van der Waals surface area contributed by atoms with Gasteiger partial charge >= 0.3 is 0 Å². The van der Waals surface area contributed by atoms with Crippen LogP contribution in [-0.4, -0.2) is 5.91 Å². The number of hydrogen-bond acceptors (Lipinski definition) is 1. The van der Waals surface area contributed by atoms with E-state index in [9.17, 15) is 9.18 Å². The molecule has 0 aliphatic heterocycles. The molecule has 1 unspecified atom stereocenters. The summed E-state index contributed by atoms with van der Waals surface area (Å²) >= 11 is 5.83. The molecule has 0 aliphatic carbocycles. The lowest BCUT2D eigenvalue weighted by atomic mass is 10.0. The zero-order valence-electron chi connectivity index (χ0n) is 12.7. The highest BCUT2D eigenvalue weighted by molar-refractivity contribution is 6.30. The van der Waals surface area contributed by atoms with Crippen LogP contribution in [0.1, 0.15) is 27.7 Å². The first kappa shape index (κ1) is 16.2. The van der Waals surface area contributed by atoms with Crippen molar-refractivity contribution in [2.24, 2.45) is 0 Å². The van der Waals surface area contributed by atoms with Gasteiger partial charge in [0.2, 0.25) is 0 Å². The third-order valence-corrected chi connectivity index (χ3v) is 3.93. The van der Waals surface area contributed by atoms with Crippen molar-refractivity contribution in [3.63, 3.8) is 0 Å². The van der Waals surface area contributed by atoms with Gasteiger partial charge in [-0.05, 0) is 35.9 Å². The number of halogens is 2. The lowest BCUT2D eigenvalue weighted by Gasteiger charge is -2.15. The second-order valence-electron chi connectivity index (χ2n) is 5.32. The summed E-state index contributed by atoms with van der Waals surface area (Å²) in [6, 6.07) is 22.3. The number of para-hydroxylation sites is 1. The lowest BCUT2D eigenvalue weighted by molar-refractivity contribution is 0.102. The van der Waals surface area contributed by atoms with Crippen LogP contribution >= 0.6 is 11.6 Å². The minimum Gasteiger partial charge on any atom is -0.322 e. The van der Waals surface area contributed by atoms with Gasteiger partial charge in [0.05, 0.1) is 0 Å². The summed E-state index contributed by atoms with van der Waals surface area (Å²) in [6.45, 7) is 0. The Morgan fingerprint density at radius 1 is 0.875 bits per heavy atom. The molecule has 0 saturated heterocycles. The van der Waals surface area contributed by atoms with Gasteiger partial charge in [0.25, 0.3) is 5.91 Å². The first-order chi connectivity index (χ1) is 11.6. The molecular formula is C20H15ClFNO. The van der Waals surface area contributed by atoms with Crippen molar-refractivity contribution in [2.75, 3.05) is 5.32 Å². The first-order valence-corrected chi connectivity index (χ1v) is 7.88. The maximum absolute atomic E-state index is 14.9. The molecule has 4 heteroatoms. The van der Waals surface area contributed by atoms with Crippen molar-refractivity contribution in [2.45, 2.75) is 6.17 Å². The van der Waals surface area contributed by atoms with E-state index in [-0.39, 0.29) is 5.91 Å². The SMILES string of the molecule is O=C(Nc1ccccc1C(F)c1ccccc1)c1ccc(Cl)cc1. The average Bonchev–Trinajstić information content (AvgIpc) is 2.63. The van der Waals surface area contributed by atoms with Gasteiger partial charge in [0.1, 0.15) is 0 Å². The number of rotatable bonds is 4. The van der Waals surface area contributed by atoms with Crippen LogP contribution in [0, 0.1) is 0 Å². The summed E-state index contributed by atoms with van der Waals surface area (Å²) in [7, 11) is 0. The Morgan fingerprint density at radius 2 is 1.50 bits per heavy atom. The van der Waals surface area contributed by atoms with E-state index in [0.29, 0.717) is 27.4 Å². The molecule has 0 aliphatic rings. The highest BCUT2D eigenvalue weighted by Gasteiger charge is 2.17. The van der Waals surface area contributed by atoms with Crippen molar-refractivity contribution >= 4 is 23.2 Å². The Kier molecular flexibility index (Phi) is 4.92. The number of carbonyl (C=O) groups is 1. The number of amides is 1. The fraction of sp³-hybridized carbons (Fsp3) is 0.0500. The lowest BCUT2D eigenvalue weighted by Crippen LogP contribution is -2.13. The Morgan fingerprint density at radius 3 is 2.21 bits per heavy atom. The molecule has 3 aromatic rings. The fourth-order valence-electron chi connectivity index (χ4n) is 2.43. The molecule has 24 heavy (non-hydrogen) atoms. The van der Waals surface area contributed by atoms with Crippen LogP contribution < -0.4 is 5.32 Å². The fourth-order valence-corrected chi connectivity index (χ4v) is 2.56. The Labute approximate surface area is 144 Å². The summed E-state index contributed by atoms with van der Waals surface area (Å²) in [5.41, 5.74) is 1.88. The van der Waals surface area contributed by atoms with Crippen LogP contribution in [0.2, 0.25) is 5.02 Å². The predicted molar refractivity (Wildman–Crippen MR) is 95.2 cm³/mol. The minimum atomic E-state index is -1.31. The molecule has 2 nitrogen and oxygen atoms in total. The van der Waals surface area contributed by atoms with Crippen molar-refractivity contribution in [1.29, 1.82) is 0 Å². The summed E-state index contributed by atoms with van der Waals surface area (Å²) < 4.78 is 14.9. The zero-order chi connectivity index (χ0) is 16.9. The number of benzene rings is 3. The normalized spacial score (nSPS) is 11.8. The average molecular weight is 340 g/mol. The predicted octanol–water partition coefficient (Wildman–Crippen LogP) is 5.65. The maximum atomic E-state index is 14.9. The van der Waals surface area contributed by atoms with Crippen LogP contribution in [-0.2, 0) is 0 Å². The summed E-state index contributed by atoms with van der Waals surface area (Å²) in [4.78, 5) is 12.4. The molecule has 3 aromatic carbocycles. The van der Waals surface area contributed by atoms with Crippen molar-refractivity contribution < 1.29 is 9.18 Å². The molecule has 0 saturated carbocycles. The summed E-state index contributed by atoms with van der Waals surface area (Å²) in [5, 5.41) is 3.33. The van der Waals surface area contributed by atoms with E-state index in [4.69, 9.17) is 11.6 Å². The standard InChI is InChI=1S/C20H15ClFNO/c21-16-12-10-15(11-13-16)20(24)23-18-9-5-4-8-17(18)19(22)14-6-2-1-3-7-14/h1-13,19H,(H,23,24). The number of hydrogen-bond donors (Lipinski definition) is 1. The largest absolute Gasteiger partial charge is 0.322 e. The van der Waals surface area contributed by atoms with Gasteiger partial charge in [-0.3, -0.25) is 4.79 Å². The highest BCUT2D eigenvalue weighted by atomic mass is 35.5. The quantitative estimate of drug-likeness (QED) is 0.653. The number of carbonyl (C=O) groups excluding carboxylic acids is 1. The van der Waals surface area contributed by atoms with Gasteiger partial charge in [0, 0.05) is 21.8 Å². The monoisotopic (exact) mass is 339 g/mol. The van der Waals surface area contributed by atoms with Gasteiger partial charge in [-0.2, -0.15) is 0 Å². The van der Waals surface area contributed by atoms with Crippen molar-refractivity contribution in [3.8, 4) is 0 Å². The molecule has 0 bridgehead atoms. The first-order valence-electron chi connectivity index (χ1n) is 7.50. The van der Waals surface area contributed by atoms with Gasteiger partial charge < -0.3 is 5.32 Å². The molecule has 1 N–H and O–H groups in total. The van der Waals surface area contributed by atoms with E-state index in [1.807, 2.05) is 6.07 Å². The van der Waals surface area contributed by atoms with Gasteiger partial charge in [-0.15, -0.1) is 0 Å². The third kappa shape index (κ3) is 3.63. The number of nitrogens with one attached hydrogen (secondary N) is 1. The zero-order valence-corrected chi connectivity index (χ0v) is 13.5. The number of alkyl halides is 1. The Hall–Kier alpha value is -2.65. The van der Waals surface area contributed by atoms with Gasteiger partial charge in [-0.1, -0.05) is 60.1 Å². The van der Waals surface area contributed by atoms with Crippen LogP contribution in [0.4, 0.5) is 10.1 Å². The van der Waals surface area contributed by atoms with E-state index in [2.05, 4.69) is 5.32 Å². The molecule has 0 heterocycles. The van der Waals surface area contributed by atoms with Crippen molar-refractivity contribution in [3.05, 3.63) is 101 Å². The molecule has 120 valence electrons. The summed E-state index contributed by atoms with van der Waals surface area (Å²) in [5.74, 6) is -0.306. The molecule has 0 spiro atoms. The van der Waals surface area contributed by atoms with Crippen LogP contribution in [0.3, 0.4) is 0 Å². The topological polar surface area (TPSA) is 29.1 Å². The molecule has 0 fully saturated rings. The summed E-state index contributed by atoms with van der Waals surface area (Å²) in [6.07, 6.45) is -1.31. The Balaban J connectivity index is 1.87. The van der Waals surface area contributed by atoms with Crippen LogP contribution in [0.5, 0.6) is 0 Å². The molecule has 1 atom stereocenters. The Bertz CT molecular complexity index is 834. The van der Waals surface area contributed by atoms with E-state index in [1.54, 1.807) is 72.8 Å². The molecule has 1 amide bonds. The van der Waals surface area contributed by atoms with Gasteiger partial charge in [-0.25, -0.2) is 4.39 Å². The van der Waals surface area contributed by atoms with Crippen LogP contribution in [0.25, 0.3) is 0 Å². The second-order valence-corrected chi connectivity index (χ2v) is 5.76. The maximum Gasteiger partial charge on any atom is 0.255 e. The molecule has 0 radical (unpaired) electrons. The smallest absolute Gasteiger partial charge is 0.255 e. The second kappa shape index (κ2) is 7.28. The number of anilines is 1.